The van der Waals surface area contributed by atoms with Gasteiger partial charge in [0.2, 0.25) is 0 Å². The number of nitrogens with one attached hydrogen (secondary N) is 1. The molecule has 0 radical (unpaired) electrons. The summed E-state index contributed by atoms with van der Waals surface area (Å²) in [6.07, 6.45) is 1.57. The molecular formula is C14H16ClN3O2. The Hall–Kier alpha value is -1.59. The van der Waals surface area contributed by atoms with E-state index in [1.54, 1.807) is 11.1 Å². The lowest BCUT2D eigenvalue weighted by Gasteiger charge is -2.27. The number of aromatic nitrogens is 2. The summed E-state index contributed by atoms with van der Waals surface area (Å²) >= 11 is 6.12. The van der Waals surface area contributed by atoms with E-state index in [2.05, 4.69) is 9.97 Å². The first kappa shape index (κ1) is 13.4. The van der Waals surface area contributed by atoms with Crippen molar-refractivity contribution in [3.63, 3.8) is 0 Å². The number of carbonyl (C=O) groups excluding carboxylic acids is 1. The molecule has 106 valence electrons. The zero-order valence-electron chi connectivity index (χ0n) is 11.5. The molecule has 0 bridgehead atoms. The van der Waals surface area contributed by atoms with E-state index in [1.807, 2.05) is 13.8 Å². The molecule has 0 unspecified atom stereocenters. The van der Waals surface area contributed by atoms with Crippen LogP contribution in [0.1, 0.15) is 21.6 Å². The normalized spacial score (nSPS) is 15.8. The second-order valence-electron chi connectivity index (χ2n) is 4.99. The molecule has 2 aromatic heterocycles. The number of hydrogen-bond donors (Lipinski definition) is 1. The number of fused-ring (bicyclic) bond motifs is 1. The van der Waals surface area contributed by atoms with Crippen molar-refractivity contribution in [2.24, 2.45) is 0 Å². The summed E-state index contributed by atoms with van der Waals surface area (Å²) in [7, 11) is 0. The fourth-order valence-corrected chi connectivity index (χ4v) is 2.75. The van der Waals surface area contributed by atoms with Gasteiger partial charge >= 0.3 is 0 Å². The van der Waals surface area contributed by atoms with E-state index in [-0.39, 0.29) is 5.91 Å². The van der Waals surface area contributed by atoms with Crippen molar-refractivity contribution in [1.29, 1.82) is 0 Å². The van der Waals surface area contributed by atoms with Crippen LogP contribution in [0.3, 0.4) is 0 Å². The van der Waals surface area contributed by atoms with E-state index < -0.39 is 0 Å². The number of hydrogen-bond acceptors (Lipinski definition) is 3. The number of morpholine rings is 1. The Kier molecular flexibility index (Phi) is 3.40. The van der Waals surface area contributed by atoms with Crippen molar-refractivity contribution in [2.75, 3.05) is 26.3 Å². The molecule has 6 heteroatoms. The molecule has 1 saturated heterocycles. The predicted molar refractivity (Wildman–Crippen MR) is 77.3 cm³/mol. The molecule has 0 aromatic carbocycles. The van der Waals surface area contributed by atoms with E-state index in [4.69, 9.17) is 16.3 Å². The second-order valence-corrected chi connectivity index (χ2v) is 5.35. The molecule has 1 aliphatic rings. The predicted octanol–water partition coefficient (Wildman–Crippen LogP) is 2.31. The number of carbonyl (C=O) groups is 1. The number of nitrogens with zero attached hydrogens (tertiary/aromatic N) is 2. The average molecular weight is 294 g/mol. The molecule has 1 aliphatic heterocycles. The minimum Gasteiger partial charge on any atom is -0.378 e. The van der Waals surface area contributed by atoms with Gasteiger partial charge in [0, 0.05) is 30.4 Å². The maximum Gasteiger partial charge on any atom is 0.256 e. The van der Waals surface area contributed by atoms with Crippen LogP contribution >= 0.6 is 11.6 Å². The number of aromatic amines is 1. The topological polar surface area (TPSA) is 58.2 Å². The van der Waals surface area contributed by atoms with Crippen LogP contribution in [0.2, 0.25) is 5.15 Å². The van der Waals surface area contributed by atoms with Crippen LogP contribution < -0.4 is 0 Å². The Morgan fingerprint density at radius 3 is 2.80 bits per heavy atom. The lowest BCUT2D eigenvalue weighted by molar-refractivity contribution is 0.0304. The molecule has 0 aliphatic carbocycles. The lowest BCUT2D eigenvalue weighted by atomic mass is 10.1. The summed E-state index contributed by atoms with van der Waals surface area (Å²) in [4.78, 5) is 21.8. The summed E-state index contributed by atoms with van der Waals surface area (Å²) in [5.41, 5.74) is 3.39. The molecule has 1 N–H and O–H groups in total. The monoisotopic (exact) mass is 293 g/mol. The Balaban J connectivity index is 2.11. The van der Waals surface area contributed by atoms with Gasteiger partial charge in [-0.15, -0.1) is 0 Å². The van der Waals surface area contributed by atoms with Crippen molar-refractivity contribution in [2.45, 2.75) is 13.8 Å². The summed E-state index contributed by atoms with van der Waals surface area (Å²) in [6.45, 7) is 6.36. The Labute approximate surface area is 121 Å². The Morgan fingerprint density at radius 1 is 1.40 bits per heavy atom. The third-order valence-corrected chi connectivity index (χ3v) is 4.10. The number of H-pyrrole nitrogens is 1. The van der Waals surface area contributed by atoms with Crippen LogP contribution in [-0.4, -0.2) is 47.1 Å². The molecule has 0 atom stereocenters. The Bertz CT molecular complexity index is 675. The van der Waals surface area contributed by atoms with Gasteiger partial charge in [0.05, 0.1) is 24.3 Å². The summed E-state index contributed by atoms with van der Waals surface area (Å²) in [6, 6.07) is 0. The zero-order chi connectivity index (χ0) is 14.3. The molecule has 0 saturated carbocycles. The summed E-state index contributed by atoms with van der Waals surface area (Å²) < 4.78 is 5.28. The maximum absolute atomic E-state index is 12.7. The highest BCUT2D eigenvalue weighted by atomic mass is 35.5. The van der Waals surface area contributed by atoms with Gasteiger partial charge in [-0.3, -0.25) is 4.79 Å². The second kappa shape index (κ2) is 5.07. The fourth-order valence-electron chi connectivity index (χ4n) is 2.56. The minimum atomic E-state index is -0.00966. The highest BCUT2D eigenvalue weighted by Gasteiger charge is 2.23. The molecule has 5 nitrogen and oxygen atoms in total. The number of ether oxygens (including phenoxy) is 1. The summed E-state index contributed by atoms with van der Waals surface area (Å²) in [5, 5.41) is 1.27. The van der Waals surface area contributed by atoms with Crippen LogP contribution in [0.4, 0.5) is 0 Å². The number of pyridine rings is 1. The maximum atomic E-state index is 12.7. The van der Waals surface area contributed by atoms with E-state index >= 15 is 0 Å². The van der Waals surface area contributed by atoms with Gasteiger partial charge in [-0.05, 0) is 19.4 Å². The van der Waals surface area contributed by atoms with Crippen LogP contribution in [0.15, 0.2) is 6.20 Å². The highest BCUT2D eigenvalue weighted by Crippen LogP contribution is 2.29. The van der Waals surface area contributed by atoms with Crippen molar-refractivity contribution < 1.29 is 9.53 Å². The fraction of sp³-hybridized carbons (Fsp3) is 0.429. The molecular weight excluding hydrogens is 278 g/mol. The van der Waals surface area contributed by atoms with Crippen LogP contribution in [0.5, 0.6) is 0 Å². The van der Waals surface area contributed by atoms with E-state index in [9.17, 15) is 4.79 Å². The first-order chi connectivity index (χ1) is 9.59. The standard InChI is InChI=1S/C14H16ClN3O2/c1-8-9(2)17-12-11(8)10(7-16-13(12)15)14(19)18-3-5-20-6-4-18/h7,17H,3-6H2,1-2H3. The number of aryl methyl sites for hydroxylation is 2. The molecule has 3 rings (SSSR count). The van der Waals surface area contributed by atoms with Crippen LogP contribution in [0.25, 0.3) is 10.9 Å². The first-order valence-electron chi connectivity index (χ1n) is 6.60. The smallest absolute Gasteiger partial charge is 0.256 e. The van der Waals surface area contributed by atoms with Crippen molar-refractivity contribution in [3.05, 3.63) is 28.2 Å². The zero-order valence-corrected chi connectivity index (χ0v) is 12.3. The largest absolute Gasteiger partial charge is 0.378 e. The third-order valence-electron chi connectivity index (χ3n) is 3.81. The van der Waals surface area contributed by atoms with Gasteiger partial charge in [0.25, 0.3) is 5.91 Å². The highest BCUT2D eigenvalue weighted by molar-refractivity contribution is 6.34. The Morgan fingerprint density at radius 2 is 2.10 bits per heavy atom. The number of rotatable bonds is 1. The lowest BCUT2D eigenvalue weighted by Crippen LogP contribution is -2.40. The molecule has 3 heterocycles. The van der Waals surface area contributed by atoms with Crippen LogP contribution in [-0.2, 0) is 4.74 Å². The van der Waals surface area contributed by atoms with Gasteiger partial charge in [0.15, 0.2) is 5.15 Å². The van der Waals surface area contributed by atoms with E-state index in [0.717, 1.165) is 22.2 Å². The van der Waals surface area contributed by atoms with Gasteiger partial charge in [0.1, 0.15) is 0 Å². The van der Waals surface area contributed by atoms with Crippen molar-refractivity contribution in [3.8, 4) is 0 Å². The molecule has 1 amide bonds. The number of halogens is 1. The SMILES string of the molecule is Cc1[nH]c2c(Cl)ncc(C(=O)N3CCOCC3)c2c1C. The van der Waals surface area contributed by atoms with Gasteiger partial charge in [-0.2, -0.15) is 0 Å². The first-order valence-corrected chi connectivity index (χ1v) is 6.97. The average Bonchev–Trinajstić information content (AvgIpc) is 2.77. The van der Waals surface area contributed by atoms with Crippen molar-refractivity contribution >= 4 is 28.4 Å². The quantitative estimate of drug-likeness (QED) is 0.821. The van der Waals surface area contributed by atoms with Gasteiger partial charge < -0.3 is 14.6 Å². The van der Waals surface area contributed by atoms with Crippen LogP contribution in [0, 0.1) is 13.8 Å². The summed E-state index contributed by atoms with van der Waals surface area (Å²) in [5.74, 6) is -0.00966. The molecule has 20 heavy (non-hydrogen) atoms. The van der Waals surface area contributed by atoms with E-state index in [1.165, 1.54) is 0 Å². The minimum absolute atomic E-state index is 0.00966. The molecule has 1 fully saturated rings. The van der Waals surface area contributed by atoms with Crippen molar-refractivity contribution in [1.82, 2.24) is 14.9 Å². The number of amides is 1. The third kappa shape index (κ3) is 2.07. The van der Waals surface area contributed by atoms with Gasteiger partial charge in [-0.25, -0.2) is 4.98 Å². The van der Waals surface area contributed by atoms with Gasteiger partial charge in [-0.1, -0.05) is 11.6 Å². The molecule has 0 spiro atoms. The molecule has 2 aromatic rings. The van der Waals surface area contributed by atoms with E-state index in [0.29, 0.717) is 37.0 Å².